The van der Waals surface area contributed by atoms with Gasteiger partial charge in [-0.2, -0.15) is 13.2 Å². The maximum absolute atomic E-state index is 13.8. The summed E-state index contributed by atoms with van der Waals surface area (Å²) in [5.41, 5.74) is -2.34. The second-order valence-electron chi connectivity index (χ2n) is 6.99. The largest absolute Gasteiger partial charge is 0.459 e. The highest BCUT2D eigenvalue weighted by molar-refractivity contribution is 5.91. The summed E-state index contributed by atoms with van der Waals surface area (Å²) in [5, 5.41) is 0. The van der Waals surface area contributed by atoms with Crippen LogP contribution >= 0.6 is 0 Å². The van der Waals surface area contributed by atoms with Crippen molar-refractivity contribution in [2.75, 3.05) is 0 Å². The van der Waals surface area contributed by atoms with Crippen LogP contribution in [0.4, 0.5) is 17.6 Å². The summed E-state index contributed by atoms with van der Waals surface area (Å²) in [6.07, 6.45) is 5.53. The first kappa shape index (κ1) is 23.4. The van der Waals surface area contributed by atoms with Gasteiger partial charge in [0.2, 0.25) is 0 Å². The average molecular weight is 390 g/mol. The van der Waals surface area contributed by atoms with Gasteiger partial charge in [-0.25, -0.2) is 9.18 Å². The quantitative estimate of drug-likeness (QED) is 0.212. The van der Waals surface area contributed by atoms with Crippen molar-refractivity contribution in [3.63, 3.8) is 0 Å². The van der Waals surface area contributed by atoms with Crippen LogP contribution in [0.2, 0.25) is 0 Å². The molecule has 0 aromatic heterocycles. The van der Waals surface area contributed by atoms with Gasteiger partial charge in [-0.3, -0.25) is 0 Å². The SMILES string of the molecule is CCCCCCCCCCCC(C)OC(=O)c1c(F)cccc1C(F)(F)F. The number of rotatable bonds is 12. The summed E-state index contributed by atoms with van der Waals surface area (Å²) in [5.74, 6) is -2.48. The number of carbonyl (C=O) groups is 1. The predicted octanol–water partition coefficient (Wildman–Crippen LogP) is 7.31. The summed E-state index contributed by atoms with van der Waals surface area (Å²) in [6.45, 7) is 3.81. The molecule has 1 aromatic carbocycles. The number of esters is 1. The van der Waals surface area contributed by atoms with E-state index in [1.54, 1.807) is 6.92 Å². The number of alkyl halides is 3. The number of halogens is 4. The van der Waals surface area contributed by atoms with E-state index in [-0.39, 0.29) is 0 Å². The Balaban J connectivity index is 2.37. The number of hydrogen-bond acceptors (Lipinski definition) is 2. The number of unbranched alkanes of at least 4 members (excludes halogenated alkanes) is 8. The Morgan fingerprint density at radius 3 is 2.11 bits per heavy atom. The van der Waals surface area contributed by atoms with Crippen LogP contribution in [0, 0.1) is 5.82 Å². The first-order valence-electron chi connectivity index (χ1n) is 9.84. The molecule has 1 unspecified atom stereocenters. The molecule has 27 heavy (non-hydrogen) atoms. The molecular formula is C21H30F4O2. The Hall–Kier alpha value is -1.59. The summed E-state index contributed by atoms with van der Waals surface area (Å²) in [6, 6.07) is 2.45. The van der Waals surface area contributed by atoms with E-state index in [1.165, 1.54) is 38.5 Å². The molecule has 6 heteroatoms. The topological polar surface area (TPSA) is 26.3 Å². The first-order valence-corrected chi connectivity index (χ1v) is 9.84. The van der Waals surface area contributed by atoms with Crippen molar-refractivity contribution in [1.82, 2.24) is 0 Å². The second kappa shape index (κ2) is 12.0. The molecule has 0 saturated heterocycles. The van der Waals surface area contributed by atoms with Crippen LogP contribution in [-0.4, -0.2) is 12.1 Å². The van der Waals surface area contributed by atoms with Crippen molar-refractivity contribution in [3.8, 4) is 0 Å². The third kappa shape index (κ3) is 8.76. The molecule has 0 aliphatic rings. The van der Waals surface area contributed by atoms with Gasteiger partial charge in [-0.15, -0.1) is 0 Å². The van der Waals surface area contributed by atoms with Crippen molar-refractivity contribution in [2.24, 2.45) is 0 Å². The van der Waals surface area contributed by atoms with E-state index in [1.807, 2.05) is 0 Å². The Bertz CT molecular complexity index is 570. The van der Waals surface area contributed by atoms with E-state index in [2.05, 4.69) is 6.92 Å². The molecule has 0 N–H and O–H groups in total. The summed E-state index contributed by atoms with van der Waals surface area (Å²) in [4.78, 5) is 12.0. The molecule has 1 rings (SSSR count). The van der Waals surface area contributed by atoms with Crippen molar-refractivity contribution in [2.45, 2.75) is 90.3 Å². The standard InChI is InChI=1S/C21H30F4O2/c1-3-4-5-6-7-8-9-10-11-13-16(2)27-20(26)19-17(21(23,24)25)14-12-15-18(19)22/h12,14-16H,3-11,13H2,1-2H3. The highest BCUT2D eigenvalue weighted by Crippen LogP contribution is 2.33. The maximum Gasteiger partial charge on any atom is 0.417 e. The minimum atomic E-state index is -4.81. The van der Waals surface area contributed by atoms with Gasteiger partial charge >= 0.3 is 12.1 Å². The smallest absolute Gasteiger partial charge is 0.417 e. The van der Waals surface area contributed by atoms with Gasteiger partial charge in [-0.1, -0.05) is 64.4 Å². The fraction of sp³-hybridized carbons (Fsp3) is 0.667. The molecule has 0 fully saturated rings. The van der Waals surface area contributed by atoms with Gasteiger partial charge in [0.1, 0.15) is 11.4 Å². The molecule has 0 radical (unpaired) electrons. The molecule has 0 aliphatic heterocycles. The van der Waals surface area contributed by atoms with Gasteiger partial charge in [0.15, 0.2) is 0 Å². The lowest BCUT2D eigenvalue weighted by atomic mass is 10.0. The first-order chi connectivity index (χ1) is 12.8. The van der Waals surface area contributed by atoms with Crippen molar-refractivity contribution in [3.05, 3.63) is 35.1 Å². The Morgan fingerprint density at radius 2 is 1.56 bits per heavy atom. The van der Waals surface area contributed by atoms with E-state index >= 15 is 0 Å². The van der Waals surface area contributed by atoms with Crippen LogP contribution in [-0.2, 0) is 10.9 Å². The minimum absolute atomic E-state index is 0.553. The lowest BCUT2D eigenvalue weighted by Gasteiger charge is -2.16. The van der Waals surface area contributed by atoms with Gasteiger partial charge in [0.05, 0.1) is 11.7 Å². The average Bonchev–Trinajstić information content (AvgIpc) is 2.59. The molecule has 0 amide bonds. The fourth-order valence-corrected chi connectivity index (χ4v) is 3.01. The van der Waals surface area contributed by atoms with Crippen LogP contribution in [0.15, 0.2) is 18.2 Å². The van der Waals surface area contributed by atoms with E-state index < -0.39 is 35.2 Å². The monoisotopic (exact) mass is 390 g/mol. The van der Waals surface area contributed by atoms with Gasteiger partial charge in [0.25, 0.3) is 0 Å². The number of hydrogen-bond donors (Lipinski definition) is 0. The summed E-state index contributed by atoms with van der Waals surface area (Å²) in [7, 11) is 0. The van der Waals surface area contributed by atoms with Gasteiger partial charge < -0.3 is 4.74 Å². The zero-order chi connectivity index (χ0) is 20.3. The molecule has 1 atom stereocenters. The number of carbonyl (C=O) groups excluding carboxylic acids is 1. The van der Waals surface area contributed by atoms with Crippen LogP contribution < -0.4 is 0 Å². The molecular weight excluding hydrogens is 360 g/mol. The number of ether oxygens (including phenoxy) is 1. The number of benzene rings is 1. The minimum Gasteiger partial charge on any atom is -0.459 e. The molecule has 2 nitrogen and oxygen atoms in total. The lowest BCUT2D eigenvalue weighted by molar-refractivity contribution is -0.138. The summed E-state index contributed by atoms with van der Waals surface area (Å²) >= 11 is 0. The lowest BCUT2D eigenvalue weighted by Crippen LogP contribution is -2.21. The Kier molecular flexibility index (Phi) is 10.4. The van der Waals surface area contributed by atoms with Gasteiger partial charge in [-0.05, 0) is 31.9 Å². The van der Waals surface area contributed by atoms with Gasteiger partial charge in [0, 0.05) is 0 Å². The Morgan fingerprint density at radius 1 is 1.00 bits per heavy atom. The van der Waals surface area contributed by atoms with E-state index in [0.29, 0.717) is 12.5 Å². The second-order valence-corrected chi connectivity index (χ2v) is 6.99. The third-order valence-corrected chi connectivity index (χ3v) is 4.55. The van der Waals surface area contributed by atoms with E-state index in [9.17, 15) is 22.4 Å². The van der Waals surface area contributed by atoms with Crippen LogP contribution in [0.1, 0.15) is 94.0 Å². The normalized spacial score (nSPS) is 12.8. The molecule has 0 bridgehead atoms. The van der Waals surface area contributed by atoms with E-state index in [4.69, 9.17) is 4.74 Å². The highest BCUT2D eigenvalue weighted by Gasteiger charge is 2.37. The molecule has 154 valence electrons. The summed E-state index contributed by atoms with van der Waals surface area (Å²) < 4.78 is 57.7. The fourth-order valence-electron chi connectivity index (χ4n) is 3.01. The zero-order valence-corrected chi connectivity index (χ0v) is 16.2. The third-order valence-electron chi connectivity index (χ3n) is 4.55. The maximum atomic E-state index is 13.8. The molecule has 0 saturated carbocycles. The Labute approximate surface area is 159 Å². The van der Waals surface area contributed by atoms with Crippen molar-refractivity contribution >= 4 is 5.97 Å². The van der Waals surface area contributed by atoms with Crippen LogP contribution in [0.3, 0.4) is 0 Å². The molecule has 1 aromatic rings. The highest BCUT2D eigenvalue weighted by atomic mass is 19.4. The molecule has 0 aliphatic carbocycles. The molecule has 0 spiro atoms. The van der Waals surface area contributed by atoms with Crippen molar-refractivity contribution < 1.29 is 27.1 Å². The van der Waals surface area contributed by atoms with E-state index in [0.717, 1.165) is 31.4 Å². The zero-order valence-electron chi connectivity index (χ0n) is 16.2. The predicted molar refractivity (Wildman–Crippen MR) is 98.1 cm³/mol. The van der Waals surface area contributed by atoms with Crippen molar-refractivity contribution in [1.29, 1.82) is 0 Å². The van der Waals surface area contributed by atoms with Crippen LogP contribution in [0.5, 0.6) is 0 Å². The molecule has 0 heterocycles. The van der Waals surface area contributed by atoms with Crippen LogP contribution in [0.25, 0.3) is 0 Å².